The number of nitrogens with zero attached hydrogens (tertiary/aromatic N) is 2. The van der Waals surface area contributed by atoms with Gasteiger partial charge in [0.15, 0.2) is 0 Å². The molecule has 8 nitrogen and oxygen atoms in total. The Morgan fingerprint density at radius 2 is 1.47 bits per heavy atom. The van der Waals surface area contributed by atoms with Gasteiger partial charge in [0.25, 0.3) is 11.7 Å². The van der Waals surface area contributed by atoms with Crippen LogP contribution in [-0.2, 0) is 14.3 Å². The molecule has 1 atom stereocenters. The molecule has 0 spiro atoms. The predicted octanol–water partition coefficient (Wildman–Crippen LogP) is 4.41. The molecule has 0 unspecified atom stereocenters. The molecule has 204 valence electrons. The van der Waals surface area contributed by atoms with E-state index in [-0.39, 0.29) is 11.3 Å². The zero-order valence-electron chi connectivity index (χ0n) is 22.4. The van der Waals surface area contributed by atoms with Crippen molar-refractivity contribution in [2.24, 2.45) is 0 Å². The Bertz CT molecular complexity index is 1110. The van der Waals surface area contributed by atoms with Gasteiger partial charge in [-0.2, -0.15) is 0 Å². The first-order valence-electron chi connectivity index (χ1n) is 13.6. The lowest BCUT2D eigenvalue weighted by molar-refractivity contribution is -0.140. The first-order chi connectivity index (χ1) is 18.5. The molecule has 1 amide bonds. The number of carbonyl (C=O) groups excluding carboxylic acids is 2. The smallest absolute Gasteiger partial charge is 0.295 e. The average Bonchev–Trinajstić information content (AvgIpc) is 3.21. The second kappa shape index (κ2) is 13.4. The van der Waals surface area contributed by atoms with Crippen molar-refractivity contribution in [2.45, 2.75) is 39.2 Å². The third-order valence-electron chi connectivity index (χ3n) is 6.79. The van der Waals surface area contributed by atoms with Crippen LogP contribution in [0.4, 0.5) is 0 Å². The number of morpholine rings is 1. The number of carbonyl (C=O) groups is 2. The van der Waals surface area contributed by atoms with Crippen molar-refractivity contribution in [3.8, 4) is 11.5 Å². The maximum Gasteiger partial charge on any atom is 0.295 e. The number of amides is 1. The van der Waals surface area contributed by atoms with Crippen LogP contribution in [-0.4, -0.2) is 79.2 Å². The van der Waals surface area contributed by atoms with Crippen molar-refractivity contribution in [3.05, 3.63) is 65.2 Å². The van der Waals surface area contributed by atoms with Gasteiger partial charge in [-0.25, -0.2) is 0 Å². The Kier molecular flexibility index (Phi) is 9.79. The van der Waals surface area contributed by atoms with Gasteiger partial charge in [0.05, 0.1) is 38.0 Å². The summed E-state index contributed by atoms with van der Waals surface area (Å²) in [5.41, 5.74) is 1.32. The molecule has 2 aliphatic rings. The van der Waals surface area contributed by atoms with Crippen LogP contribution in [0.25, 0.3) is 5.76 Å². The fourth-order valence-corrected chi connectivity index (χ4v) is 4.80. The second-order valence-electron chi connectivity index (χ2n) is 9.59. The van der Waals surface area contributed by atoms with E-state index in [1.807, 2.05) is 38.1 Å². The van der Waals surface area contributed by atoms with Crippen LogP contribution < -0.4 is 9.47 Å². The molecule has 1 N–H and O–H groups in total. The molecule has 2 heterocycles. The van der Waals surface area contributed by atoms with Gasteiger partial charge >= 0.3 is 0 Å². The Morgan fingerprint density at radius 1 is 0.895 bits per heavy atom. The highest BCUT2D eigenvalue weighted by atomic mass is 16.5. The van der Waals surface area contributed by atoms with Crippen LogP contribution in [0.2, 0.25) is 0 Å². The number of likely N-dealkylation sites (tertiary alicyclic amines) is 1. The largest absolute Gasteiger partial charge is 0.507 e. The van der Waals surface area contributed by atoms with Crippen LogP contribution in [0.3, 0.4) is 0 Å². The summed E-state index contributed by atoms with van der Waals surface area (Å²) in [6.45, 7) is 9.63. The van der Waals surface area contributed by atoms with E-state index in [1.54, 1.807) is 29.2 Å². The molecule has 38 heavy (non-hydrogen) atoms. The first-order valence-corrected chi connectivity index (χ1v) is 13.6. The Morgan fingerprint density at radius 3 is 2.05 bits per heavy atom. The van der Waals surface area contributed by atoms with Crippen molar-refractivity contribution in [1.29, 1.82) is 0 Å². The van der Waals surface area contributed by atoms with E-state index >= 15 is 0 Å². The van der Waals surface area contributed by atoms with E-state index < -0.39 is 17.7 Å². The van der Waals surface area contributed by atoms with Gasteiger partial charge in [-0.1, -0.05) is 26.0 Å². The number of ether oxygens (including phenoxy) is 3. The Hall–Kier alpha value is -3.36. The number of ketones is 1. The van der Waals surface area contributed by atoms with Crippen LogP contribution in [0, 0.1) is 0 Å². The summed E-state index contributed by atoms with van der Waals surface area (Å²) in [5.74, 6) is -0.0321. The lowest BCUT2D eigenvalue weighted by Gasteiger charge is -2.29. The van der Waals surface area contributed by atoms with Gasteiger partial charge in [-0.15, -0.1) is 0 Å². The molecule has 0 aliphatic carbocycles. The van der Waals surface area contributed by atoms with Crippen LogP contribution in [0.15, 0.2) is 54.1 Å². The molecule has 0 saturated carbocycles. The van der Waals surface area contributed by atoms with Crippen molar-refractivity contribution in [2.75, 3.05) is 52.6 Å². The van der Waals surface area contributed by atoms with E-state index in [4.69, 9.17) is 14.2 Å². The standard InChI is InChI=1S/C30H38N2O6/c1-3-18-37-24-10-6-22(7-11-24)27-26(28(33)23-8-12-25(13-9-23)38-19-4-2)29(34)30(35)32(27)15-5-14-31-16-20-36-21-17-31/h6-13,27,33H,3-5,14-21H2,1-2H3/t27-/m0/s1. The number of hydrogen-bond acceptors (Lipinski definition) is 7. The van der Waals surface area contributed by atoms with E-state index in [0.717, 1.165) is 43.8 Å². The molecule has 0 bridgehead atoms. The van der Waals surface area contributed by atoms with E-state index in [0.29, 0.717) is 50.7 Å². The summed E-state index contributed by atoms with van der Waals surface area (Å²) in [4.78, 5) is 30.5. The summed E-state index contributed by atoms with van der Waals surface area (Å²) in [6, 6.07) is 13.7. The van der Waals surface area contributed by atoms with Gasteiger partial charge in [0, 0.05) is 31.7 Å². The molecular weight excluding hydrogens is 484 g/mol. The average molecular weight is 523 g/mol. The number of hydrogen-bond donors (Lipinski definition) is 1. The third-order valence-corrected chi connectivity index (χ3v) is 6.79. The fourth-order valence-electron chi connectivity index (χ4n) is 4.80. The number of aliphatic hydroxyl groups excluding tert-OH is 1. The quantitative estimate of drug-likeness (QED) is 0.251. The molecule has 0 radical (unpaired) electrons. The van der Waals surface area contributed by atoms with Crippen LogP contribution >= 0.6 is 0 Å². The highest BCUT2D eigenvalue weighted by Crippen LogP contribution is 2.40. The van der Waals surface area contributed by atoms with Gasteiger partial charge in [-0.3, -0.25) is 14.5 Å². The van der Waals surface area contributed by atoms with Crippen LogP contribution in [0.1, 0.15) is 50.3 Å². The minimum Gasteiger partial charge on any atom is -0.507 e. The monoisotopic (exact) mass is 522 g/mol. The van der Waals surface area contributed by atoms with E-state index in [9.17, 15) is 14.7 Å². The molecule has 2 aromatic rings. The second-order valence-corrected chi connectivity index (χ2v) is 9.59. The minimum absolute atomic E-state index is 0.103. The van der Waals surface area contributed by atoms with Gasteiger partial charge in [-0.05, 0) is 61.2 Å². The summed E-state index contributed by atoms with van der Waals surface area (Å²) in [6.07, 6.45) is 2.50. The van der Waals surface area contributed by atoms with Crippen LogP contribution in [0.5, 0.6) is 11.5 Å². The Labute approximate surface area is 224 Å². The zero-order chi connectivity index (χ0) is 26.9. The molecule has 4 rings (SSSR count). The molecule has 2 saturated heterocycles. The predicted molar refractivity (Wildman–Crippen MR) is 145 cm³/mol. The van der Waals surface area contributed by atoms with Gasteiger partial charge in [0.2, 0.25) is 0 Å². The molecule has 0 aromatic heterocycles. The first kappa shape index (κ1) is 27.7. The topological polar surface area (TPSA) is 88.5 Å². The third kappa shape index (κ3) is 6.55. The van der Waals surface area contributed by atoms with Crippen molar-refractivity contribution >= 4 is 17.4 Å². The highest BCUT2D eigenvalue weighted by molar-refractivity contribution is 6.46. The van der Waals surface area contributed by atoms with Gasteiger partial charge in [0.1, 0.15) is 17.3 Å². The summed E-state index contributed by atoms with van der Waals surface area (Å²) in [7, 11) is 0. The maximum atomic E-state index is 13.3. The number of aliphatic hydroxyl groups is 1. The number of benzene rings is 2. The molecule has 2 aromatic carbocycles. The zero-order valence-corrected chi connectivity index (χ0v) is 22.4. The summed E-state index contributed by atoms with van der Waals surface area (Å²) >= 11 is 0. The highest BCUT2D eigenvalue weighted by Gasteiger charge is 2.45. The molecule has 8 heteroatoms. The van der Waals surface area contributed by atoms with E-state index in [2.05, 4.69) is 4.90 Å². The lowest BCUT2D eigenvalue weighted by atomic mass is 9.95. The molecule has 2 fully saturated rings. The lowest BCUT2D eigenvalue weighted by Crippen LogP contribution is -2.38. The minimum atomic E-state index is -0.684. The fraction of sp³-hybridized carbons (Fsp3) is 0.467. The molecular formula is C30H38N2O6. The van der Waals surface area contributed by atoms with E-state index in [1.165, 1.54) is 0 Å². The van der Waals surface area contributed by atoms with Crippen molar-refractivity contribution < 1.29 is 28.9 Å². The number of rotatable bonds is 12. The van der Waals surface area contributed by atoms with Crippen molar-refractivity contribution in [3.63, 3.8) is 0 Å². The molecule has 2 aliphatic heterocycles. The SMILES string of the molecule is CCCOc1ccc(C(O)=C2C(=O)C(=O)N(CCCN3CCOCC3)[C@H]2c2ccc(OCCC)cc2)cc1. The maximum absolute atomic E-state index is 13.3. The normalized spacial score (nSPS) is 19.6. The summed E-state index contributed by atoms with van der Waals surface area (Å²) < 4.78 is 16.8. The summed E-state index contributed by atoms with van der Waals surface area (Å²) in [5, 5.41) is 11.3. The van der Waals surface area contributed by atoms with Crippen molar-refractivity contribution in [1.82, 2.24) is 9.80 Å². The number of Topliss-reactive ketones (excluding diaryl/α,β-unsaturated/α-hetero) is 1. The van der Waals surface area contributed by atoms with Gasteiger partial charge < -0.3 is 24.2 Å². The Balaban J connectivity index is 1.63.